The van der Waals surface area contributed by atoms with E-state index in [-0.39, 0.29) is 35.0 Å². The lowest BCUT2D eigenvalue weighted by molar-refractivity contribution is -0.179. The summed E-state index contributed by atoms with van der Waals surface area (Å²) in [5.74, 6) is 4.69. The normalized spacial score (nSPS) is 47.3. The lowest BCUT2D eigenvalue weighted by Crippen LogP contribution is -2.51. The second-order valence-electron chi connectivity index (χ2n) is 13.4. The molecule has 0 aromatic heterocycles. The first kappa shape index (κ1) is 21.5. The molecule has 0 radical (unpaired) electrons. The average molecular weight is 443 g/mol. The Hall–Kier alpha value is -1.06. The van der Waals surface area contributed by atoms with Gasteiger partial charge in [0.25, 0.3) is 0 Å². The van der Waals surface area contributed by atoms with E-state index >= 15 is 0 Å². The van der Waals surface area contributed by atoms with E-state index < -0.39 is 0 Å². The summed E-state index contributed by atoms with van der Waals surface area (Å²) in [5.41, 5.74) is -0.362. The maximum atomic E-state index is 13.2. The Labute approximate surface area is 193 Å². The Morgan fingerprint density at radius 3 is 1.09 bits per heavy atom. The summed E-state index contributed by atoms with van der Waals surface area (Å²) >= 11 is 0. The van der Waals surface area contributed by atoms with Crippen molar-refractivity contribution in [2.24, 2.45) is 46.3 Å². The molecule has 0 spiro atoms. The van der Waals surface area contributed by atoms with E-state index in [9.17, 15) is 9.59 Å². The van der Waals surface area contributed by atoms with E-state index in [2.05, 4.69) is 0 Å². The molecule has 2 unspecified atom stereocenters. The van der Waals surface area contributed by atoms with Gasteiger partial charge in [-0.05, 0) is 139 Å². The standard InChI is InChI=1S/C28H42O4/c1-17(31-25(29)27-11-19-5-20(12-27)7-21(6-19)13-27)3-4-18(2)32-26(30)28-14-22-8-23(15-28)10-24(9-22)16-28/h17-24H,3-16H2,1-2H3. The maximum Gasteiger partial charge on any atom is 0.312 e. The van der Waals surface area contributed by atoms with Gasteiger partial charge in [-0.1, -0.05) is 0 Å². The predicted molar refractivity (Wildman–Crippen MR) is 122 cm³/mol. The SMILES string of the molecule is CC(CCC(C)OC(=O)C12CC3CC(CC(C3)C1)C2)OC(=O)C12CC3CC(CC(C3)C1)C2. The Kier molecular flexibility index (Phi) is 5.19. The highest BCUT2D eigenvalue weighted by Crippen LogP contribution is 2.61. The number of hydrogen-bond donors (Lipinski definition) is 0. The van der Waals surface area contributed by atoms with Crippen LogP contribution in [-0.2, 0) is 19.1 Å². The van der Waals surface area contributed by atoms with Crippen molar-refractivity contribution in [2.75, 3.05) is 0 Å². The molecule has 178 valence electrons. The van der Waals surface area contributed by atoms with E-state index in [1.54, 1.807) is 0 Å². The van der Waals surface area contributed by atoms with E-state index in [1.807, 2.05) is 13.8 Å². The maximum absolute atomic E-state index is 13.2. The van der Waals surface area contributed by atoms with E-state index in [4.69, 9.17) is 9.47 Å². The van der Waals surface area contributed by atoms with Crippen molar-refractivity contribution in [3.63, 3.8) is 0 Å². The zero-order valence-corrected chi connectivity index (χ0v) is 20.2. The number of ether oxygens (including phenoxy) is 2. The van der Waals surface area contributed by atoms with Gasteiger partial charge >= 0.3 is 11.9 Å². The molecule has 4 heteroatoms. The molecular weight excluding hydrogens is 400 g/mol. The van der Waals surface area contributed by atoms with Crippen molar-refractivity contribution < 1.29 is 19.1 Å². The van der Waals surface area contributed by atoms with Crippen molar-refractivity contribution in [3.05, 3.63) is 0 Å². The third kappa shape index (κ3) is 3.72. The molecule has 0 amide bonds. The topological polar surface area (TPSA) is 52.6 Å². The van der Waals surface area contributed by atoms with Gasteiger partial charge in [0, 0.05) is 0 Å². The molecule has 0 aliphatic heterocycles. The zero-order chi connectivity index (χ0) is 22.1. The summed E-state index contributed by atoms with van der Waals surface area (Å²) in [5, 5.41) is 0. The van der Waals surface area contributed by atoms with Gasteiger partial charge in [-0.3, -0.25) is 9.59 Å². The Morgan fingerprint density at radius 2 is 0.844 bits per heavy atom. The second-order valence-corrected chi connectivity index (χ2v) is 13.4. The highest BCUT2D eigenvalue weighted by atomic mass is 16.6. The molecule has 8 fully saturated rings. The third-order valence-electron chi connectivity index (χ3n) is 10.5. The average Bonchev–Trinajstić information content (AvgIpc) is 2.70. The number of hydrogen-bond acceptors (Lipinski definition) is 4. The molecule has 0 N–H and O–H groups in total. The monoisotopic (exact) mass is 442 g/mol. The molecule has 2 atom stereocenters. The summed E-state index contributed by atoms with van der Waals surface area (Å²) in [6.07, 6.45) is 15.7. The van der Waals surface area contributed by atoms with Crippen LogP contribution in [0.5, 0.6) is 0 Å². The third-order valence-corrected chi connectivity index (χ3v) is 10.5. The van der Waals surface area contributed by atoms with Crippen LogP contribution in [0, 0.1) is 46.3 Å². The second kappa shape index (κ2) is 7.73. The van der Waals surface area contributed by atoms with E-state index in [1.165, 1.54) is 38.5 Å². The molecule has 0 aromatic rings. The van der Waals surface area contributed by atoms with Gasteiger partial charge in [-0.2, -0.15) is 0 Å². The minimum Gasteiger partial charge on any atom is -0.462 e. The first-order valence-corrected chi connectivity index (χ1v) is 13.7. The summed E-state index contributed by atoms with van der Waals surface area (Å²) in [7, 11) is 0. The van der Waals surface area contributed by atoms with Gasteiger partial charge in [0.15, 0.2) is 0 Å². The van der Waals surface area contributed by atoms with E-state index in [0.717, 1.165) is 86.9 Å². The molecule has 0 saturated heterocycles. The fourth-order valence-electron chi connectivity index (χ4n) is 9.92. The molecule has 8 aliphatic rings. The number of rotatable bonds is 7. The first-order valence-electron chi connectivity index (χ1n) is 13.7. The van der Waals surface area contributed by atoms with Crippen LogP contribution in [0.4, 0.5) is 0 Å². The van der Waals surface area contributed by atoms with Gasteiger partial charge in [0.05, 0.1) is 23.0 Å². The molecular formula is C28H42O4. The highest BCUT2D eigenvalue weighted by Gasteiger charge is 2.57. The van der Waals surface area contributed by atoms with E-state index in [0.29, 0.717) is 0 Å². The highest BCUT2D eigenvalue weighted by molar-refractivity contribution is 5.78. The summed E-state index contributed by atoms with van der Waals surface area (Å²) < 4.78 is 12.0. The Bertz CT molecular complexity index is 635. The van der Waals surface area contributed by atoms with Crippen molar-refractivity contribution in [1.29, 1.82) is 0 Å². The lowest BCUT2D eigenvalue weighted by Gasteiger charge is -2.55. The first-order chi connectivity index (χ1) is 15.3. The minimum absolute atomic E-state index is 0.0716. The molecule has 0 aromatic carbocycles. The van der Waals surface area contributed by atoms with Gasteiger partial charge < -0.3 is 9.47 Å². The fraction of sp³-hybridized carbons (Fsp3) is 0.929. The molecule has 8 aliphatic carbocycles. The summed E-state index contributed by atoms with van der Waals surface area (Å²) in [4.78, 5) is 26.4. The number of carbonyl (C=O) groups excluding carboxylic acids is 2. The van der Waals surface area contributed by atoms with Crippen LogP contribution >= 0.6 is 0 Å². The number of carbonyl (C=O) groups is 2. The van der Waals surface area contributed by atoms with Gasteiger partial charge in [0.1, 0.15) is 0 Å². The summed E-state index contributed by atoms with van der Waals surface area (Å²) in [6.45, 7) is 4.04. The van der Waals surface area contributed by atoms with Gasteiger partial charge in [-0.25, -0.2) is 0 Å². The van der Waals surface area contributed by atoms with Crippen molar-refractivity contribution in [3.8, 4) is 0 Å². The molecule has 8 rings (SSSR count). The van der Waals surface area contributed by atoms with Crippen LogP contribution < -0.4 is 0 Å². The van der Waals surface area contributed by atoms with Gasteiger partial charge in [-0.15, -0.1) is 0 Å². The van der Waals surface area contributed by atoms with Crippen molar-refractivity contribution in [2.45, 2.75) is 116 Å². The van der Waals surface area contributed by atoms with Crippen LogP contribution in [0.3, 0.4) is 0 Å². The van der Waals surface area contributed by atoms with Gasteiger partial charge in [0.2, 0.25) is 0 Å². The van der Waals surface area contributed by atoms with Crippen molar-refractivity contribution >= 4 is 11.9 Å². The van der Waals surface area contributed by atoms with Crippen LogP contribution in [-0.4, -0.2) is 24.1 Å². The minimum atomic E-state index is -0.181. The Balaban J connectivity index is 0.987. The summed E-state index contributed by atoms with van der Waals surface area (Å²) in [6, 6.07) is 0. The molecule has 4 nitrogen and oxygen atoms in total. The quantitative estimate of drug-likeness (QED) is 0.450. The number of esters is 2. The van der Waals surface area contributed by atoms with Crippen LogP contribution in [0.15, 0.2) is 0 Å². The lowest BCUT2D eigenvalue weighted by atomic mass is 9.49. The molecule has 0 heterocycles. The largest absolute Gasteiger partial charge is 0.462 e. The Morgan fingerprint density at radius 1 is 0.594 bits per heavy atom. The zero-order valence-electron chi connectivity index (χ0n) is 20.2. The van der Waals surface area contributed by atoms with Crippen LogP contribution in [0.1, 0.15) is 104 Å². The smallest absolute Gasteiger partial charge is 0.312 e. The van der Waals surface area contributed by atoms with Crippen molar-refractivity contribution in [1.82, 2.24) is 0 Å². The predicted octanol–water partition coefficient (Wildman–Crippen LogP) is 6.06. The fourth-order valence-corrected chi connectivity index (χ4v) is 9.92. The molecule has 8 bridgehead atoms. The van der Waals surface area contributed by atoms with Crippen LogP contribution in [0.2, 0.25) is 0 Å². The molecule has 32 heavy (non-hydrogen) atoms. The van der Waals surface area contributed by atoms with Crippen LogP contribution in [0.25, 0.3) is 0 Å². The molecule has 8 saturated carbocycles.